The largest absolute Gasteiger partial charge is 0.459 e. The molecule has 0 heterocycles. The highest BCUT2D eigenvalue weighted by atomic mass is 35.5. The van der Waals surface area contributed by atoms with Crippen LogP contribution < -0.4 is 16.4 Å². The molecule has 284 valence electrons. The Bertz CT molecular complexity index is 1260. The molecule has 50 heavy (non-hydrogen) atoms. The number of ether oxygens (including phenoxy) is 1. The number of benzene rings is 1. The first-order valence-electron chi connectivity index (χ1n) is 17.2. The standard InChI is InChI=1S/C36H60N6O7.ClH/c1-12-27(37)34(46)40(9)20-30(43)41(10)28(18-22(2)3)33(45)39-31(24(6)7)35(47)42(11)29(19-23(4)5)32(44)38-25(8)36(48)49-21-26-16-14-13-15-17-26;/h13-17,22-25,27-29,31H,12,18-21,37H2,1-11H3,(H,38,44)(H,39,45);1H/t25-,27-,28-,29-,31-;/m0./s1. The van der Waals surface area contributed by atoms with Crippen molar-refractivity contribution >= 4 is 47.9 Å². The Hall–Kier alpha value is -3.71. The average Bonchev–Trinajstić information content (AvgIpc) is 3.05. The summed E-state index contributed by atoms with van der Waals surface area (Å²) in [7, 11) is 4.49. The summed E-state index contributed by atoms with van der Waals surface area (Å²) in [5.74, 6) is -3.29. The number of carbonyl (C=O) groups is 6. The fourth-order valence-electron chi connectivity index (χ4n) is 5.16. The van der Waals surface area contributed by atoms with Gasteiger partial charge in [-0.25, -0.2) is 4.79 Å². The lowest BCUT2D eigenvalue weighted by Gasteiger charge is -2.35. The molecule has 4 N–H and O–H groups in total. The molecule has 1 rings (SSSR count). The Labute approximate surface area is 304 Å². The molecule has 13 nitrogen and oxygen atoms in total. The lowest BCUT2D eigenvalue weighted by Crippen LogP contribution is -2.60. The third-order valence-electron chi connectivity index (χ3n) is 8.34. The zero-order valence-corrected chi connectivity index (χ0v) is 32.5. The summed E-state index contributed by atoms with van der Waals surface area (Å²) in [4.78, 5) is 83.6. The molecule has 1 aromatic carbocycles. The SMILES string of the molecule is CC[C@H](N)C(=O)N(C)CC(=O)N(C)[C@@H](CC(C)C)C(=O)N[C@H](C(=O)N(C)[C@@H](CC(C)C)C(=O)N[C@@H](C)C(=O)OCc1ccccc1)C(C)C.Cl. The Morgan fingerprint density at radius 1 is 0.760 bits per heavy atom. The molecule has 0 unspecified atom stereocenters. The number of carbonyl (C=O) groups excluding carboxylic acids is 6. The van der Waals surface area contributed by atoms with E-state index in [0.717, 1.165) is 5.56 Å². The van der Waals surface area contributed by atoms with Crippen molar-refractivity contribution in [2.75, 3.05) is 27.7 Å². The molecule has 0 bridgehead atoms. The molecule has 1 aromatic rings. The first kappa shape index (κ1) is 46.3. The summed E-state index contributed by atoms with van der Waals surface area (Å²) in [6, 6.07) is 4.60. The molecule has 0 fully saturated rings. The average molecular weight is 725 g/mol. The van der Waals surface area contributed by atoms with E-state index in [2.05, 4.69) is 10.6 Å². The van der Waals surface area contributed by atoms with Gasteiger partial charge in [0.15, 0.2) is 0 Å². The zero-order chi connectivity index (χ0) is 37.6. The first-order valence-corrected chi connectivity index (χ1v) is 17.2. The third-order valence-corrected chi connectivity index (χ3v) is 8.34. The van der Waals surface area contributed by atoms with Crippen molar-refractivity contribution in [2.24, 2.45) is 23.5 Å². The number of hydrogen-bond acceptors (Lipinski definition) is 8. The summed E-state index contributed by atoms with van der Waals surface area (Å²) in [6.07, 6.45) is 1.04. The van der Waals surface area contributed by atoms with Crippen LogP contribution in [-0.4, -0.2) is 108 Å². The van der Waals surface area contributed by atoms with E-state index in [-0.39, 0.29) is 49.2 Å². The lowest BCUT2D eigenvalue weighted by atomic mass is 9.97. The zero-order valence-electron chi connectivity index (χ0n) is 31.7. The molecular weight excluding hydrogens is 664 g/mol. The molecule has 5 amide bonds. The molecule has 0 spiro atoms. The van der Waals surface area contributed by atoms with Crippen molar-refractivity contribution in [2.45, 2.75) is 111 Å². The summed E-state index contributed by atoms with van der Waals surface area (Å²) in [5.41, 5.74) is 6.66. The minimum atomic E-state index is -1.02. The molecule has 0 aliphatic carbocycles. The van der Waals surface area contributed by atoms with E-state index in [1.807, 2.05) is 58.0 Å². The topological polar surface area (TPSA) is 171 Å². The van der Waals surface area contributed by atoms with Gasteiger partial charge in [0.05, 0.1) is 12.6 Å². The van der Waals surface area contributed by atoms with Crippen molar-refractivity contribution in [1.82, 2.24) is 25.3 Å². The van der Waals surface area contributed by atoms with E-state index in [1.54, 1.807) is 20.8 Å². The van der Waals surface area contributed by atoms with Crippen LogP contribution in [0.4, 0.5) is 0 Å². The van der Waals surface area contributed by atoms with E-state index >= 15 is 0 Å². The van der Waals surface area contributed by atoms with Gasteiger partial charge in [0.25, 0.3) is 0 Å². The minimum absolute atomic E-state index is 0. The number of nitrogens with one attached hydrogen (secondary N) is 2. The number of nitrogens with zero attached hydrogens (tertiary/aromatic N) is 3. The molecule has 0 aliphatic heterocycles. The molecule has 0 saturated carbocycles. The summed E-state index contributed by atoms with van der Waals surface area (Å²) in [5, 5.41) is 5.54. The molecule has 5 atom stereocenters. The van der Waals surface area contributed by atoms with Gasteiger partial charge in [-0.2, -0.15) is 0 Å². The second kappa shape index (κ2) is 22.2. The van der Waals surface area contributed by atoms with Crippen molar-refractivity contribution in [3.8, 4) is 0 Å². The number of halogens is 1. The van der Waals surface area contributed by atoms with Gasteiger partial charge in [-0.05, 0) is 49.5 Å². The number of nitrogens with two attached hydrogens (primary N) is 1. The van der Waals surface area contributed by atoms with Gasteiger partial charge in [-0.1, -0.05) is 78.8 Å². The predicted octanol–water partition coefficient (Wildman–Crippen LogP) is 2.74. The molecule has 0 aromatic heterocycles. The van der Waals surface area contributed by atoms with E-state index in [1.165, 1.54) is 42.8 Å². The minimum Gasteiger partial charge on any atom is -0.459 e. The maximum absolute atomic E-state index is 14.0. The maximum atomic E-state index is 14.0. The summed E-state index contributed by atoms with van der Waals surface area (Å²) in [6.45, 7) is 14.3. The smallest absolute Gasteiger partial charge is 0.328 e. The van der Waals surface area contributed by atoms with Crippen LogP contribution in [0, 0.1) is 17.8 Å². The van der Waals surface area contributed by atoms with Crippen LogP contribution in [0.5, 0.6) is 0 Å². The van der Waals surface area contributed by atoms with Crippen molar-refractivity contribution in [3.05, 3.63) is 35.9 Å². The van der Waals surface area contributed by atoms with Gasteiger partial charge in [-0.15, -0.1) is 12.4 Å². The molecular formula is C36H61ClN6O7. The first-order chi connectivity index (χ1) is 22.8. The van der Waals surface area contributed by atoms with E-state index in [0.29, 0.717) is 19.3 Å². The second-order valence-corrected chi connectivity index (χ2v) is 14.0. The van der Waals surface area contributed by atoms with Crippen LogP contribution in [0.2, 0.25) is 0 Å². The van der Waals surface area contributed by atoms with Gasteiger partial charge in [0, 0.05) is 21.1 Å². The Morgan fingerprint density at radius 2 is 1.26 bits per heavy atom. The lowest BCUT2D eigenvalue weighted by molar-refractivity contribution is -0.150. The van der Waals surface area contributed by atoms with Crippen LogP contribution >= 0.6 is 12.4 Å². The second-order valence-electron chi connectivity index (χ2n) is 14.0. The Balaban J connectivity index is 0.0000240. The van der Waals surface area contributed by atoms with Gasteiger partial charge in [0.1, 0.15) is 30.8 Å². The van der Waals surface area contributed by atoms with Crippen LogP contribution in [0.15, 0.2) is 30.3 Å². The van der Waals surface area contributed by atoms with Crippen LogP contribution in [-0.2, 0) is 40.1 Å². The van der Waals surface area contributed by atoms with E-state index < -0.39 is 59.8 Å². The molecule has 0 saturated heterocycles. The highest BCUT2D eigenvalue weighted by molar-refractivity contribution is 5.95. The van der Waals surface area contributed by atoms with Crippen molar-refractivity contribution in [3.63, 3.8) is 0 Å². The maximum Gasteiger partial charge on any atom is 0.328 e. The fourth-order valence-corrected chi connectivity index (χ4v) is 5.16. The highest BCUT2D eigenvalue weighted by Crippen LogP contribution is 2.17. The predicted molar refractivity (Wildman–Crippen MR) is 196 cm³/mol. The number of esters is 1. The number of likely N-dealkylation sites (N-methyl/N-ethyl adjacent to an activating group) is 3. The van der Waals surface area contributed by atoms with Gasteiger partial charge in [-0.3, -0.25) is 24.0 Å². The monoisotopic (exact) mass is 724 g/mol. The quantitative estimate of drug-likeness (QED) is 0.183. The number of hydrogen-bond donors (Lipinski definition) is 3. The third kappa shape index (κ3) is 14.6. The normalized spacial score (nSPS) is 14.1. The number of amides is 5. The van der Waals surface area contributed by atoms with Crippen LogP contribution in [0.25, 0.3) is 0 Å². The number of rotatable bonds is 19. The highest BCUT2D eigenvalue weighted by Gasteiger charge is 2.37. The van der Waals surface area contributed by atoms with Crippen molar-refractivity contribution < 1.29 is 33.5 Å². The fraction of sp³-hybridized carbons (Fsp3) is 0.667. The Morgan fingerprint density at radius 3 is 1.74 bits per heavy atom. The molecule has 14 heteroatoms. The van der Waals surface area contributed by atoms with E-state index in [9.17, 15) is 28.8 Å². The van der Waals surface area contributed by atoms with Gasteiger partial charge < -0.3 is 35.8 Å². The molecule has 0 radical (unpaired) electrons. The van der Waals surface area contributed by atoms with Crippen LogP contribution in [0.1, 0.15) is 80.2 Å². The summed E-state index contributed by atoms with van der Waals surface area (Å²) >= 11 is 0. The van der Waals surface area contributed by atoms with Crippen LogP contribution in [0.3, 0.4) is 0 Å². The van der Waals surface area contributed by atoms with Gasteiger partial charge in [0.2, 0.25) is 29.5 Å². The van der Waals surface area contributed by atoms with Crippen molar-refractivity contribution in [1.29, 1.82) is 0 Å². The summed E-state index contributed by atoms with van der Waals surface area (Å²) < 4.78 is 5.37. The van der Waals surface area contributed by atoms with Gasteiger partial charge >= 0.3 is 5.97 Å². The Kier molecular flexibility index (Phi) is 20.5. The molecule has 0 aliphatic rings. The van der Waals surface area contributed by atoms with E-state index in [4.69, 9.17) is 10.5 Å².